The van der Waals surface area contributed by atoms with Crippen LogP contribution in [0.4, 0.5) is 0 Å². The van der Waals surface area contributed by atoms with Gasteiger partial charge in [0.1, 0.15) is 5.75 Å². The SMILES string of the molecule is CC(=C=CC[C@@H](O)c1ccc(O)cc1)C[C@@H](O)c1ccccc1. The molecule has 0 aromatic heterocycles. The Bertz CT molecular complexity index is 668. The van der Waals surface area contributed by atoms with Crippen molar-refractivity contribution >= 4 is 0 Å². The van der Waals surface area contributed by atoms with Gasteiger partial charge in [0, 0.05) is 12.8 Å². The number of hydrogen-bond donors (Lipinski definition) is 3. The molecule has 0 bridgehead atoms. The molecule has 2 aromatic carbocycles. The van der Waals surface area contributed by atoms with E-state index in [2.05, 4.69) is 5.73 Å². The summed E-state index contributed by atoms with van der Waals surface area (Å²) in [4.78, 5) is 0. The highest BCUT2D eigenvalue weighted by molar-refractivity contribution is 5.27. The number of phenols is 1. The number of rotatable bonds is 6. The normalized spacial score (nSPS) is 13.0. The second kappa shape index (κ2) is 8.35. The summed E-state index contributed by atoms with van der Waals surface area (Å²) in [5.41, 5.74) is 5.69. The van der Waals surface area contributed by atoms with E-state index in [-0.39, 0.29) is 5.75 Å². The van der Waals surface area contributed by atoms with Crippen molar-refractivity contribution in [3.05, 3.63) is 83.1 Å². The van der Waals surface area contributed by atoms with E-state index in [1.54, 1.807) is 30.3 Å². The van der Waals surface area contributed by atoms with Gasteiger partial charge in [-0.2, -0.15) is 0 Å². The number of hydrogen-bond acceptors (Lipinski definition) is 3. The zero-order valence-corrected chi connectivity index (χ0v) is 13.2. The van der Waals surface area contributed by atoms with Crippen molar-refractivity contribution in [3.8, 4) is 5.75 Å². The van der Waals surface area contributed by atoms with Gasteiger partial charge in [-0.05, 0) is 41.8 Å². The Morgan fingerprint density at radius 2 is 1.57 bits per heavy atom. The van der Waals surface area contributed by atoms with E-state index in [1.165, 1.54) is 0 Å². The fourth-order valence-corrected chi connectivity index (χ4v) is 2.32. The number of aromatic hydroxyl groups is 1. The van der Waals surface area contributed by atoms with Crippen LogP contribution in [-0.4, -0.2) is 15.3 Å². The number of aliphatic hydroxyl groups is 2. The lowest BCUT2D eigenvalue weighted by Crippen LogP contribution is -1.97. The first-order valence-electron chi connectivity index (χ1n) is 7.67. The topological polar surface area (TPSA) is 60.7 Å². The molecule has 0 aliphatic carbocycles. The van der Waals surface area contributed by atoms with Crippen LogP contribution < -0.4 is 0 Å². The molecule has 0 fully saturated rings. The third-order valence-electron chi connectivity index (χ3n) is 3.65. The van der Waals surface area contributed by atoms with Crippen molar-refractivity contribution in [1.82, 2.24) is 0 Å². The summed E-state index contributed by atoms with van der Waals surface area (Å²) >= 11 is 0. The fraction of sp³-hybridized carbons (Fsp3) is 0.250. The maximum absolute atomic E-state index is 10.2. The summed E-state index contributed by atoms with van der Waals surface area (Å²) in [6.07, 6.45) is 1.55. The summed E-state index contributed by atoms with van der Waals surface area (Å²) in [5.74, 6) is 0.183. The third kappa shape index (κ3) is 5.42. The first kappa shape index (κ1) is 17.0. The van der Waals surface area contributed by atoms with Crippen LogP contribution in [0.1, 0.15) is 43.1 Å². The van der Waals surface area contributed by atoms with Gasteiger partial charge in [0.15, 0.2) is 0 Å². The van der Waals surface area contributed by atoms with Crippen LogP contribution in [0.25, 0.3) is 0 Å². The minimum atomic E-state index is -0.630. The molecule has 3 N–H and O–H groups in total. The van der Waals surface area contributed by atoms with Crippen LogP contribution in [-0.2, 0) is 0 Å². The van der Waals surface area contributed by atoms with Crippen molar-refractivity contribution in [2.24, 2.45) is 0 Å². The summed E-state index contributed by atoms with van der Waals surface area (Å²) in [5, 5.41) is 29.5. The molecule has 0 spiro atoms. The maximum atomic E-state index is 10.2. The van der Waals surface area contributed by atoms with E-state index in [0.717, 1.165) is 16.7 Å². The Kier molecular flexibility index (Phi) is 6.19. The Labute approximate surface area is 136 Å². The summed E-state index contributed by atoms with van der Waals surface area (Å²) in [7, 11) is 0. The van der Waals surface area contributed by atoms with E-state index >= 15 is 0 Å². The highest BCUT2D eigenvalue weighted by atomic mass is 16.3. The molecular formula is C20H22O3. The molecular weight excluding hydrogens is 288 g/mol. The molecule has 0 saturated heterocycles. The van der Waals surface area contributed by atoms with Crippen molar-refractivity contribution in [2.45, 2.75) is 32.0 Å². The van der Waals surface area contributed by atoms with Crippen LogP contribution in [0.3, 0.4) is 0 Å². The van der Waals surface area contributed by atoms with E-state index in [0.29, 0.717) is 12.8 Å². The molecule has 0 radical (unpaired) electrons. The number of benzene rings is 2. The van der Waals surface area contributed by atoms with Crippen molar-refractivity contribution in [1.29, 1.82) is 0 Å². The van der Waals surface area contributed by atoms with Gasteiger partial charge >= 0.3 is 0 Å². The van der Waals surface area contributed by atoms with Gasteiger partial charge in [0.05, 0.1) is 12.2 Å². The van der Waals surface area contributed by atoms with Crippen LogP contribution in [0, 0.1) is 0 Å². The molecule has 0 unspecified atom stereocenters. The molecule has 120 valence electrons. The minimum absolute atomic E-state index is 0.183. The standard InChI is InChI=1S/C20H22O3/c1-15(14-20(23)16-7-3-2-4-8-16)6-5-9-19(22)17-10-12-18(21)13-11-17/h2-5,7-8,10-13,19-23H,9,14H2,1H3/t6?,19-,20-/m1/s1. The smallest absolute Gasteiger partial charge is 0.115 e. The predicted molar refractivity (Wildman–Crippen MR) is 91.0 cm³/mol. The lowest BCUT2D eigenvalue weighted by atomic mass is 10.0. The molecule has 23 heavy (non-hydrogen) atoms. The minimum Gasteiger partial charge on any atom is -0.508 e. The van der Waals surface area contributed by atoms with Crippen molar-refractivity contribution in [2.75, 3.05) is 0 Å². The summed E-state index contributed by atoms with van der Waals surface area (Å²) < 4.78 is 0. The van der Waals surface area contributed by atoms with Crippen LogP contribution in [0.2, 0.25) is 0 Å². The van der Waals surface area contributed by atoms with Gasteiger partial charge in [0.2, 0.25) is 0 Å². The Morgan fingerprint density at radius 1 is 0.957 bits per heavy atom. The predicted octanol–water partition coefficient (Wildman–Crippen LogP) is 4.04. The fourth-order valence-electron chi connectivity index (χ4n) is 2.32. The van der Waals surface area contributed by atoms with Gasteiger partial charge in [0.25, 0.3) is 0 Å². The van der Waals surface area contributed by atoms with Gasteiger partial charge < -0.3 is 15.3 Å². The molecule has 2 atom stereocenters. The van der Waals surface area contributed by atoms with E-state index < -0.39 is 12.2 Å². The zero-order valence-electron chi connectivity index (χ0n) is 13.2. The quantitative estimate of drug-likeness (QED) is 0.706. The second-order valence-corrected chi connectivity index (χ2v) is 5.60. The highest BCUT2D eigenvalue weighted by Crippen LogP contribution is 2.21. The Balaban J connectivity index is 1.92. The van der Waals surface area contributed by atoms with Gasteiger partial charge in [-0.1, -0.05) is 42.5 Å². The van der Waals surface area contributed by atoms with Crippen molar-refractivity contribution < 1.29 is 15.3 Å². The van der Waals surface area contributed by atoms with E-state index in [4.69, 9.17) is 0 Å². The zero-order chi connectivity index (χ0) is 16.7. The van der Waals surface area contributed by atoms with Crippen LogP contribution in [0.15, 0.2) is 72.0 Å². The molecule has 3 nitrogen and oxygen atoms in total. The third-order valence-corrected chi connectivity index (χ3v) is 3.65. The Morgan fingerprint density at radius 3 is 2.22 bits per heavy atom. The molecule has 0 aliphatic heterocycles. The lowest BCUT2D eigenvalue weighted by Gasteiger charge is -2.10. The van der Waals surface area contributed by atoms with Crippen molar-refractivity contribution in [3.63, 3.8) is 0 Å². The highest BCUT2D eigenvalue weighted by Gasteiger charge is 2.07. The lowest BCUT2D eigenvalue weighted by molar-refractivity contribution is 0.178. The molecule has 0 heterocycles. The van der Waals surface area contributed by atoms with Gasteiger partial charge in [-0.3, -0.25) is 0 Å². The van der Waals surface area contributed by atoms with E-state index in [9.17, 15) is 15.3 Å². The largest absolute Gasteiger partial charge is 0.508 e. The number of phenolic OH excluding ortho intramolecular Hbond substituents is 1. The van der Waals surface area contributed by atoms with E-state index in [1.807, 2.05) is 37.3 Å². The summed E-state index contributed by atoms with van der Waals surface area (Å²) in [6, 6.07) is 16.0. The van der Waals surface area contributed by atoms with Gasteiger partial charge in [-0.25, -0.2) is 0 Å². The van der Waals surface area contributed by atoms with Crippen LogP contribution >= 0.6 is 0 Å². The number of aliphatic hydroxyl groups excluding tert-OH is 2. The molecule has 2 aromatic rings. The second-order valence-electron chi connectivity index (χ2n) is 5.60. The average Bonchev–Trinajstić information content (AvgIpc) is 2.56. The van der Waals surface area contributed by atoms with Gasteiger partial charge in [-0.15, -0.1) is 5.73 Å². The first-order chi connectivity index (χ1) is 11.1. The monoisotopic (exact) mass is 310 g/mol. The molecule has 2 rings (SSSR count). The molecule has 0 aliphatic rings. The van der Waals surface area contributed by atoms with Crippen LogP contribution in [0.5, 0.6) is 5.75 Å². The first-order valence-corrected chi connectivity index (χ1v) is 7.67. The Hall–Kier alpha value is -2.32. The average molecular weight is 310 g/mol. The summed E-state index contributed by atoms with van der Waals surface area (Å²) in [6.45, 7) is 1.91. The maximum Gasteiger partial charge on any atom is 0.115 e. The molecule has 0 saturated carbocycles. The molecule has 0 amide bonds. The molecule has 3 heteroatoms.